The van der Waals surface area contributed by atoms with Crippen LogP contribution in [0.15, 0.2) is 41.6 Å². The Balaban J connectivity index is 1.67. The molecular weight excluding hydrogens is 286 g/mol. The zero-order chi connectivity index (χ0) is 15.7. The molecule has 0 atom stereocenters. The van der Waals surface area contributed by atoms with Gasteiger partial charge >= 0.3 is 0 Å². The van der Waals surface area contributed by atoms with Crippen LogP contribution in [0.25, 0.3) is 0 Å². The van der Waals surface area contributed by atoms with Crippen LogP contribution < -0.4 is 5.73 Å². The number of carbonyl (C=O) groups is 3. The maximum Gasteiger partial charge on any atom is 0.285 e. The van der Waals surface area contributed by atoms with E-state index in [1.165, 1.54) is 12.3 Å². The number of allylic oxidation sites excluding steroid dienone is 1. The largest absolute Gasteiger partial charge is 0.366 e. The van der Waals surface area contributed by atoms with Crippen LogP contribution in [0, 0.1) is 0 Å². The van der Waals surface area contributed by atoms with Gasteiger partial charge in [-0.25, -0.2) is 0 Å². The third kappa shape index (κ3) is 2.42. The van der Waals surface area contributed by atoms with Gasteiger partial charge in [0.25, 0.3) is 11.8 Å². The Morgan fingerprint density at radius 3 is 2.77 bits per heavy atom. The Morgan fingerprint density at radius 1 is 1.32 bits per heavy atom. The van der Waals surface area contributed by atoms with E-state index in [-0.39, 0.29) is 12.2 Å². The van der Waals surface area contributed by atoms with E-state index in [1.54, 1.807) is 12.1 Å². The lowest BCUT2D eigenvalue weighted by Gasteiger charge is -2.14. The molecule has 0 radical (unpaired) electrons. The number of amides is 3. The molecule has 0 unspecified atom stereocenters. The van der Waals surface area contributed by atoms with Crippen LogP contribution in [0.1, 0.15) is 28.9 Å². The number of nitrogens with zero attached hydrogens (tertiary/aromatic N) is 2. The molecule has 0 saturated heterocycles. The zero-order valence-electron chi connectivity index (χ0n) is 11.6. The molecule has 22 heavy (non-hydrogen) atoms. The number of rotatable bonds is 4. The van der Waals surface area contributed by atoms with Gasteiger partial charge in [0, 0.05) is 11.8 Å². The van der Waals surface area contributed by atoms with Gasteiger partial charge in [-0.1, -0.05) is 12.2 Å². The molecule has 0 spiro atoms. The third-order valence-electron chi connectivity index (χ3n) is 3.48. The lowest BCUT2D eigenvalue weighted by molar-refractivity contribution is -0.190. The Hall–Kier alpha value is -2.80. The summed E-state index contributed by atoms with van der Waals surface area (Å²) in [5.74, 6) is -1.45. The minimum Gasteiger partial charge on any atom is -0.366 e. The third-order valence-corrected chi connectivity index (χ3v) is 3.48. The van der Waals surface area contributed by atoms with E-state index in [0.717, 1.165) is 11.5 Å². The van der Waals surface area contributed by atoms with Crippen molar-refractivity contribution in [3.8, 4) is 0 Å². The van der Waals surface area contributed by atoms with E-state index in [2.05, 4.69) is 4.98 Å². The number of hydroxylamine groups is 2. The molecule has 2 aliphatic rings. The molecule has 7 heteroatoms. The Labute approximate surface area is 126 Å². The number of hydrogen-bond donors (Lipinski definition) is 1. The van der Waals surface area contributed by atoms with Crippen LogP contribution in [0.5, 0.6) is 0 Å². The summed E-state index contributed by atoms with van der Waals surface area (Å²) in [6, 6.07) is 3.06. The predicted molar refractivity (Wildman–Crippen MR) is 74.8 cm³/mol. The highest BCUT2D eigenvalue weighted by Crippen LogP contribution is 2.29. The molecule has 2 heterocycles. The SMILES string of the molecule is NC(=O)c1ccc(CON2C(=O)C3=C(CCC=C3)C2=O)nc1. The van der Waals surface area contributed by atoms with E-state index < -0.39 is 17.7 Å². The summed E-state index contributed by atoms with van der Waals surface area (Å²) in [6.07, 6.45) is 6.12. The lowest BCUT2D eigenvalue weighted by Crippen LogP contribution is -2.31. The van der Waals surface area contributed by atoms with Gasteiger partial charge < -0.3 is 5.73 Å². The standard InChI is InChI=1S/C15H13N3O4/c16-13(19)9-5-6-10(17-7-9)8-22-18-14(20)11-3-1-2-4-12(11)15(18)21/h1,3,5-7H,2,4,8H2,(H2,16,19). The first-order chi connectivity index (χ1) is 10.6. The summed E-state index contributed by atoms with van der Waals surface area (Å²) in [5.41, 5.74) is 6.76. The van der Waals surface area contributed by atoms with E-state index in [9.17, 15) is 14.4 Å². The molecule has 3 amide bonds. The molecule has 1 aliphatic carbocycles. The molecule has 1 aliphatic heterocycles. The minimum atomic E-state index is -0.575. The van der Waals surface area contributed by atoms with Crippen molar-refractivity contribution in [1.29, 1.82) is 0 Å². The summed E-state index contributed by atoms with van der Waals surface area (Å²) >= 11 is 0. The van der Waals surface area contributed by atoms with E-state index in [0.29, 0.717) is 23.3 Å². The van der Waals surface area contributed by atoms with Crippen LogP contribution in [-0.2, 0) is 21.0 Å². The highest BCUT2D eigenvalue weighted by molar-refractivity contribution is 6.20. The Kier molecular flexibility index (Phi) is 3.56. The molecule has 0 aromatic carbocycles. The van der Waals surface area contributed by atoms with Gasteiger partial charge in [-0.2, -0.15) is 0 Å². The predicted octanol–water partition coefficient (Wildman–Crippen LogP) is 0.627. The average molecular weight is 299 g/mol. The van der Waals surface area contributed by atoms with E-state index >= 15 is 0 Å². The number of primary amides is 1. The number of nitrogens with two attached hydrogens (primary N) is 1. The zero-order valence-corrected chi connectivity index (χ0v) is 11.6. The molecule has 7 nitrogen and oxygen atoms in total. The number of pyridine rings is 1. The highest BCUT2D eigenvalue weighted by atomic mass is 16.7. The van der Waals surface area contributed by atoms with Crippen molar-refractivity contribution in [3.63, 3.8) is 0 Å². The number of imide groups is 1. The first-order valence-corrected chi connectivity index (χ1v) is 6.74. The molecule has 3 rings (SSSR count). The van der Waals surface area contributed by atoms with Gasteiger partial charge in [-0.3, -0.25) is 24.2 Å². The van der Waals surface area contributed by atoms with Crippen LogP contribution in [-0.4, -0.2) is 27.8 Å². The van der Waals surface area contributed by atoms with Crippen molar-refractivity contribution < 1.29 is 19.2 Å². The van der Waals surface area contributed by atoms with Crippen molar-refractivity contribution in [2.24, 2.45) is 5.73 Å². The summed E-state index contributed by atoms with van der Waals surface area (Å²) in [5, 5.41) is 0.768. The van der Waals surface area contributed by atoms with Gasteiger partial charge in [0.15, 0.2) is 0 Å². The number of aromatic nitrogens is 1. The van der Waals surface area contributed by atoms with E-state index in [4.69, 9.17) is 10.6 Å². The topological polar surface area (TPSA) is 103 Å². The van der Waals surface area contributed by atoms with Gasteiger partial charge in [0.2, 0.25) is 5.91 Å². The van der Waals surface area contributed by atoms with E-state index in [1.807, 2.05) is 6.08 Å². The lowest BCUT2D eigenvalue weighted by atomic mass is 10.00. The quantitative estimate of drug-likeness (QED) is 0.821. The first kappa shape index (κ1) is 14.2. The maximum atomic E-state index is 12.1. The van der Waals surface area contributed by atoms with Crippen molar-refractivity contribution in [2.75, 3.05) is 0 Å². The molecular formula is C15H13N3O4. The molecule has 1 aromatic heterocycles. The summed E-state index contributed by atoms with van der Waals surface area (Å²) in [7, 11) is 0. The molecule has 0 bridgehead atoms. The number of hydrogen-bond acceptors (Lipinski definition) is 5. The monoisotopic (exact) mass is 299 g/mol. The second-order valence-electron chi connectivity index (χ2n) is 4.91. The minimum absolute atomic E-state index is 0.0548. The molecule has 1 aromatic rings. The number of carbonyl (C=O) groups excluding carboxylic acids is 3. The second-order valence-corrected chi connectivity index (χ2v) is 4.91. The van der Waals surface area contributed by atoms with Crippen molar-refractivity contribution in [3.05, 3.63) is 52.9 Å². The fraction of sp³-hybridized carbons (Fsp3) is 0.200. The Morgan fingerprint density at radius 2 is 2.14 bits per heavy atom. The summed E-state index contributed by atoms with van der Waals surface area (Å²) in [6.45, 7) is -0.0548. The maximum absolute atomic E-state index is 12.1. The highest BCUT2D eigenvalue weighted by Gasteiger charge is 2.38. The summed E-state index contributed by atoms with van der Waals surface area (Å²) in [4.78, 5) is 44.5. The van der Waals surface area contributed by atoms with Gasteiger partial charge in [0.05, 0.1) is 16.8 Å². The van der Waals surface area contributed by atoms with Gasteiger partial charge in [-0.15, -0.1) is 5.06 Å². The fourth-order valence-electron chi connectivity index (χ4n) is 2.31. The fourth-order valence-corrected chi connectivity index (χ4v) is 2.31. The van der Waals surface area contributed by atoms with Crippen LogP contribution >= 0.6 is 0 Å². The summed E-state index contributed by atoms with van der Waals surface area (Å²) < 4.78 is 0. The smallest absolute Gasteiger partial charge is 0.285 e. The van der Waals surface area contributed by atoms with Gasteiger partial charge in [-0.05, 0) is 25.0 Å². The first-order valence-electron chi connectivity index (χ1n) is 6.74. The normalized spacial score (nSPS) is 17.2. The Bertz CT molecular complexity index is 719. The van der Waals surface area contributed by atoms with Crippen LogP contribution in [0.3, 0.4) is 0 Å². The van der Waals surface area contributed by atoms with Gasteiger partial charge in [0.1, 0.15) is 6.61 Å². The molecule has 0 saturated carbocycles. The van der Waals surface area contributed by atoms with Crippen LogP contribution in [0.4, 0.5) is 0 Å². The van der Waals surface area contributed by atoms with Crippen molar-refractivity contribution in [1.82, 2.24) is 10.0 Å². The van der Waals surface area contributed by atoms with Crippen molar-refractivity contribution >= 4 is 17.7 Å². The second kappa shape index (κ2) is 5.53. The molecule has 2 N–H and O–H groups in total. The average Bonchev–Trinajstić information content (AvgIpc) is 2.78. The van der Waals surface area contributed by atoms with Crippen molar-refractivity contribution in [2.45, 2.75) is 19.4 Å². The molecule has 0 fully saturated rings. The van der Waals surface area contributed by atoms with Crippen LogP contribution in [0.2, 0.25) is 0 Å². The molecule has 112 valence electrons.